The molecular formula is C14H13N3O3. The third-order valence-corrected chi connectivity index (χ3v) is 2.18. The predicted octanol–water partition coefficient (Wildman–Crippen LogP) is 1.86. The lowest BCUT2D eigenvalue weighted by molar-refractivity contribution is 0.112. The lowest BCUT2D eigenvalue weighted by atomic mass is 10.3. The summed E-state index contributed by atoms with van der Waals surface area (Å²) in [6.45, 7) is 0. The van der Waals surface area contributed by atoms with Crippen LogP contribution in [-0.2, 0) is 0 Å². The number of aromatic nitrogens is 2. The Balaban J connectivity index is 0.000000200. The summed E-state index contributed by atoms with van der Waals surface area (Å²) in [5.41, 5.74) is 1.10. The molecule has 2 heterocycles. The first-order chi connectivity index (χ1) is 9.73. The van der Waals surface area contributed by atoms with Crippen molar-refractivity contribution in [2.45, 2.75) is 0 Å². The van der Waals surface area contributed by atoms with E-state index in [0.29, 0.717) is 22.9 Å². The smallest absolute Gasteiger partial charge is 0.212 e. The highest BCUT2D eigenvalue weighted by atomic mass is 16.5. The van der Waals surface area contributed by atoms with Crippen molar-refractivity contribution in [3.8, 4) is 17.8 Å². The van der Waals surface area contributed by atoms with E-state index in [1.54, 1.807) is 24.3 Å². The van der Waals surface area contributed by atoms with E-state index < -0.39 is 0 Å². The molecule has 0 atom stereocenters. The maximum atomic E-state index is 10.1. The average molecular weight is 271 g/mol. The number of carbonyl (C=O) groups is 1. The molecule has 0 aromatic carbocycles. The highest BCUT2D eigenvalue weighted by Gasteiger charge is 1.91. The zero-order chi connectivity index (χ0) is 14.8. The standard InChI is InChI=1S/C7H6N2O.C7H7NO2/c1-10-7-3-2-6(4-8)5-9-7;1-10-7-3-2-6(5-9)4-8-7/h2-3,5H,1H3;2-5H,1H3. The van der Waals surface area contributed by atoms with Crippen molar-refractivity contribution in [2.24, 2.45) is 0 Å². The van der Waals surface area contributed by atoms with E-state index in [0.717, 1.165) is 6.29 Å². The van der Waals surface area contributed by atoms with E-state index in [-0.39, 0.29) is 0 Å². The van der Waals surface area contributed by atoms with Gasteiger partial charge in [0.15, 0.2) is 6.29 Å². The van der Waals surface area contributed by atoms with Crippen molar-refractivity contribution in [1.29, 1.82) is 5.26 Å². The Bertz CT molecular complexity index is 574. The molecule has 0 amide bonds. The molecule has 0 aliphatic carbocycles. The normalized spacial score (nSPS) is 8.65. The van der Waals surface area contributed by atoms with E-state index in [4.69, 9.17) is 14.7 Å². The van der Waals surface area contributed by atoms with Crippen LogP contribution in [0.25, 0.3) is 0 Å². The number of methoxy groups -OCH3 is 2. The molecule has 0 fully saturated rings. The fourth-order valence-electron chi connectivity index (χ4n) is 1.15. The summed E-state index contributed by atoms with van der Waals surface area (Å²) in [6.07, 6.45) is 3.68. The number of hydrogen-bond acceptors (Lipinski definition) is 6. The molecule has 0 bridgehead atoms. The minimum atomic E-state index is 0.519. The maximum absolute atomic E-state index is 10.1. The van der Waals surface area contributed by atoms with E-state index in [1.807, 2.05) is 6.07 Å². The highest BCUT2D eigenvalue weighted by Crippen LogP contribution is 2.05. The minimum Gasteiger partial charge on any atom is -0.481 e. The molecular weight excluding hydrogens is 258 g/mol. The van der Waals surface area contributed by atoms with Gasteiger partial charge in [-0.2, -0.15) is 5.26 Å². The van der Waals surface area contributed by atoms with Crippen molar-refractivity contribution in [3.63, 3.8) is 0 Å². The number of pyridine rings is 2. The lowest BCUT2D eigenvalue weighted by Gasteiger charge is -1.95. The third kappa shape index (κ3) is 4.74. The van der Waals surface area contributed by atoms with Crippen LogP contribution < -0.4 is 9.47 Å². The van der Waals surface area contributed by atoms with Gasteiger partial charge in [-0.3, -0.25) is 4.79 Å². The van der Waals surface area contributed by atoms with Gasteiger partial charge in [-0.1, -0.05) is 0 Å². The van der Waals surface area contributed by atoms with Gasteiger partial charge in [0.1, 0.15) is 6.07 Å². The number of rotatable bonds is 3. The SMILES string of the molecule is COc1ccc(C#N)cn1.COc1ccc(C=O)cn1. The summed E-state index contributed by atoms with van der Waals surface area (Å²) >= 11 is 0. The predicted molar refractivity (Wildman–Crippen MR) is 71.7 cm³/mol. The van der Waals surface area contributed by atoms with E-state index >= 15 is 0 Å². The monoisotopic (exact) mass is 271 g/mol. The van der Waals surface area contributed by atoms with E-state index in [1.165, 1.54) is 26.6 Å². The number of aldehydes is 1. The second-order valence-corrected chi connectivity index (χ2v) is 3.45. The molecule has 2 rings (SSSR count). The second-order valence-electron chi connectivity index (χ2n) is 3.45. The van der Waals surface area contributed by atoms with Crippen LogP contribution in [0.2, 0.25) is 0 Å². The molecule has 0 radical (unpaired) electrons. The Morgan fingerprint density at radius 3 is 2.00 bits per heavy atom. The van der Waals surface area contributed by atoms with Crippen LogP contribution >= 0.6 is 0 Å². The quantitative estimate of drug-likeness (QED) is 0.792. The Hall–Kier alpha value is -2.94. The zero-order valence-corrected chi connectivity index (χ0v) is 11.1. The molecule has 0 N–H and O–H groups in total. The Labute approximate surface area is 116 Å². The summed E-state index contributed by atoms with van der Waals surface area (Å²) in [5, 5.41) is 8.37. The summed E-state index contributed by atoms with van der Waals surface area (Å²) < 4.78 is 9.58. The number of hydrogen-bond donors (Lipinski definition) is 0. The topological polar surface area (TPSA) is 85.1 Å². The van der Waals surface area contributed by atoms with Gasteiger partial charge in [-0.25, -0.2) is 9.97 Å². The maximum Gasteiger partial charge on any atom is 0.212 e. The summed E-state index contributed by atoms with van der Waals surface area (Å²) in [7, 11) is 3.07. The molecule has 0 spiro atoms. The molecule has 0 unspecified atom stereocenters. The van der Waals surface area contributed by atoms with Crippen LogP contribution in [0.15, 0.2) is 36.7 Å². The molecule has 2 aromatic heterocycles. The van der Waals surface area contributed by atoms with Crippen LogP contribution in [0.1, 0.15) is 15.9 Å². The molecule has 0 saturated carbocycles. The Morgan fingerprint density at radius 1 is 1.05 bits per heavy atom. The number of nitriles is 1. The van der Waals surface area contributed by atoms with Crippen molar-refractivity contribution in [3.05, 3.63) is 47.8 Å². The fraction of sp³-hybridized carbons (Fsp3) is 0.143. The molecule has 102 valence electrons. The van der Waals surface area contributed by atoms with Crippen LogP contribution in [0.4, 0.5) is 0 Å². The van der Waals surface area contributed by atoms with Gasteiger partial charge in [0.2, 0.25) is 11.8 Å². The van der Waals surface area contributed by atoms with Gasteiger partial charge >= 0.3 is 0 Å². The minimum absolute atomic E-state index is 0.519. The van der Waals surface area contributed by atoms with E-state index in [2.05, 4.69) is 9.97 Å². The lowest BCUT2D eigenvalue weighted by Crippen LogP contribution is -1.87. The molecule has 20 heavy (non-hydrogen) atoms. The molecule has 0 aliphatic rings. The first kappa shape index (κ1) is 15.1. The second kappa shape index (κ2) is 8.21. The Morgan fingerprint density at radius 2 is 1.65 bits per heavy atom. The van der Waals surface area contributed by atoms with Crippen LogP contribution in [0.3, 0.4) is 0 Å². The van der Waals surface area contributed by atoms with Crippen LogP contribution in [0, 0.1) is 11.3 Å². The molecule has 0 saturated heterocycles. The molecule has 0 aliphatic heterocycles. The average Bonchev–Trinajstić information content (AvgIpc) is 2.55. The van der Waals surface area contributed by atoms with Crippen LogP contribution in [-0.4, -0.2) is 30.5 Å². The van der Waals surface area contributed by atoms with Gasteiger partial charge in [0.25, 0.3) is 0 Å². The molecule has 6 heteroatoms. The summed E-state index contributed by atoms with van der Waals surface area (Å²) in [4.78, 5) is 17.8. The first-order valence-corrected chi connectivity index (χ1v) is 5.59. The van der Waals surface area contributed by atoms with Gasteiger partial charge < -0.3 is 9.47 Å². The molecule has 2 aromatic rings. The van der Waals surface area contributed by atoms with Crippen molar-refractivity contribution < 1.29 is 14.3 Å². The number of ether oxygens (including phenoxy) is 2. The fourth-order valence-corrected chi connectivity index (χ4v) is 1.15. The third-order valence-electron chi connectivity index (χ3n) is 2.18. The summed E-state index contributed by atoms with van der Waals surface area (Å²) in [6, 6.07) is 8.56. The number of nitrogens with zero attached hydrogens (tertiary/aromatic N) is 3. The zero-order valence-electron chi connectivity index (χ0n) is 11.1. The summed E-state index contributed by atoms with van der Waals surface area (Å²) in [5.74, 6) is 1.05. The first-order valence-electron chi connectivity index (χ1n) is 5.59. The number of carbonyl (C=O) groups excluding carboxylic acids is 1. The Kier molecular flexibility index (Phi) is 6.21. The van der Waals surface area contributed by atoms with Gasteiger partial charge in [0, 0.05) is 30.1 Å². The van der Waals surface area contributed by atoms with Gasteiger partial charge in [-0.15, -0.1) is 0 Å². The van der Waals surface area contributed by atoms with Crippen molar-refractivity contribution in [1.82, 2.24) is 9.97 Å². The largest absolute Gasteiger partial charge is 0.481 e. The van der Waals surface area contributed by atoms with E-state index in [9.17, 15) is 4.79 Å². The van der Waals surface area contributed by atoms with Crippen molar-refractivity contribution >= 4 is 6.29 Å². The van der Waals surface area contributed by atoms with Gasteiger partial charge in [-0.05, 0) is 12.1 Å². The van der Waals surface area contributed by atoms with Gasteiger partial charge in [0.05, 0.1) is 19.8 Å². The van der Waals surface area contributed by atoms with Crippen molar-refractivity contribution in [2.75, 3.05) is 14.2 Å². The van der Waals surface area contributed by atoms with Crippen LogP contribution in [0.5, 0.6) is 11.8 Å². The molecule has 6 nitrogen and oxygen atoms in total. The highest BCUT2D eigenvalue weighted by molar-refractivity contribution is 5.73.